The number of hydrogen-bond acceptors (Lipinski definition) is 3. The van der Waals surface area contributed by atoms with Crippen LogP contribution in [0.3, 0.4) is 0 Å². The van der Waals surface area contributed by atoms with Crippen molar-refractivity contribution in [3.8, 4) is 0 Å². The number of amides is 1. The Balaban J connectivity index is 1.41. The highest BCUT2D eigenvalue weighted by Crippen LogP contribution is 2.23. The Morgan fingerprint density at radius 1 is 1.29 bits per heavy atom. The summed E-state index contributed by atoms with van der Waals surface area (Å²) in [6, 6.07) is 5.87. The molecule has 2 aliphatic rings. The van der Waals surface area contributed by atoms with Crippen LogP contribution >= 0.6 is 0 Å². The quantitative estimate of drug-likeness (QED) is 0.819. The van der Waals surface area contributed by atoms with Gasteiger partial charge in [-0.1, -0.05) is 19.3 Å². The van der Waals surface area contributed by atoms with E-state index in [1.54, 1.807) is 0 Å². The molecule has 1 aromatic carbocycles. The zero-order valence-corrected chi connectivity index (χ0v) is 12.5. The van der Waals surface area contributed by atoms with Gasteiger partial charge in [0.2, 0.25) is 0 Å². The molecule has 0 bridgehead atoms. The number of anilines is 1. The van der Waals surface area contributed by atoms with Gasteiger partial charge in [0, 0.05) is 24.3 Å². The number of fused-ring (bicyclic) bond motifs is 1. The van der Waals surface area contributed by atoms with Crippen LogP contribution < -0.4 is 10.6 Å². The molecule has 1 saturated carbocycles. The van der Waals surface area contributed by atoms with Crippen molar-refractivity contribution in [2.75, 3.05) is 25.0 Å². The first-order valence-electron chi connectivity index (χ1n) is 8.09. The molecule has 1 fully saturated rings. The van der Waals surface area contributed by atoms with Crippen molar-refractivity contribution in [2.45, 2.75) is 44.6 Å². The highest BCUT2D eigenvalue weighted by atomic mass is 16.5. The maximum absolute atomic E-state index is 12.1. The lowest BCUT2D eigenvalue weighted by molar-refractivity contribution is 0.0299. The average molecular weight is 288 g/mol. The first kappa shape index (κ1) is 14.4. The zero-order chi connectivity index (χ0) is 14.5. The number of carbonyl (C=O) groups excluding carboxylic acids is 1. The molecule has 0 spiro atoms. The lowest BCUT2D eigenvalue weighted by atomic mass is 9.98. The summed E-state index contributed by atoms with van der Waals surface area (Å²) < 4.78 is 5.82. The SMILES string of the molecule is O=C(NCCOC1CCCCC1)c1ccc2c(c1)CCN2. The van der Waals surface area contributed by atoms with E-state index in [4.69, 9.17) is 4.74 Å². The summed E-state index contributed by atoms with van der Waals surface area (Å²) in [4.78, 5) is 12.1. The van der Waals surface area contributed by atoms with Gasteiger partial charge in [-0.05, 0) is 43.0 Å². The van der Waals surface area contributed by atoms with Gasteiger partial charge in [-0.15, -0.1) is 0 Å². The Morgan fingerprint density at radius 2 is 2.14 bits per heavy atom. The second-order valence-electron chi connectivity index (χ2n) is 5.94. The molecular weight excluding hydrogens is 264 g/mol. The van der Waals surface area contributed by atoms with Crippen LogP contribution in [0.15, 0.2) is 18.2 Å². The first-order chi connectivity index (χ1) is 10.3. The number of nitrogens with one attached hydrogen (secondary N) is 2. The third-order valence-electron chi connectivity index (χ3n) is 4.37. The summed E-state index contributed by atoms with van der Waals surface area (Å²) in [6.07, 6.45) is 7.64. The van der Waals surface area contributed by atoms with E-state index in [-0.39, 0.29) is 5.91 Å². The molecule has 1 aliphatic carbocycles. The summed E-state index contributed by atoms with van der Waals surface area (Å²) in [5.74, 6) is -0.00283. The minimum absolute atomic E-state index is 0.00283. The molecule has 0 unspecified atom stereocenters. The number of benzene rings is 1. The Hall–Kier alpha value is -1.55. The lowest BCUT2D eigenvalue weighted by Gasteiger charge is -2.22. The molecule has 4 nitrogen and oxygen atoms in total. The van der Waals surface area contributed by atoms with Crippen LogP contribution in [-0.2, 0) is 11.2 Å². The van der Waals surface area contributed by atoms with Crippen molar-refractivity contribution in [2.24, 2.45) is 0 Å². The van der Waals surface area contributed by atoms with E-state index in [1.807, 2.05) is 18.2 Å². The van der Waals surface area contributed by atoms with E-state index in [0.29, 0.717) is 19.3 Å². The minimum atomic E-state index is -0.00283. The Morgan fingerprint density at radius 3 is 3.00 bits per heavy atom. The summed E-state index contributed by atoms with van der Waals surface area (Å²) in [6.45, 7) is 2.17. The van der Waals surface area contributed by atoms with Gasteiger partial charge in [-0.25, -0.2) is 0 Å². The van der Waals surface area contributed by atoms with Crippen LogP contribution in [0.25, 0.3) is 0 Å². The topological polar surface area (TPSA) is 50.4 Å². The standard InChI is InChI=1S/C17H24N2O2/c20-17(14-6-7-16-13(12-14)8-9-18-16)19-10-11-21-15-4-2-1-3-5-15/h6-7,12,15,18H,1-5,8-11H2,(H,19,20). The van der Waals surface area contributed by atoms with Crippen molar-refractivity contribution in [1.29, 1.82) is 0 Å². The monoisotopic (exact) mass is 288 g/mol. The van der Waals surface area contributed by atoms with Gasteiger partial charge in [-0.2, -0.15) is 0 Å². The number of hydrogen-bond donors (Lipinski definition) is 2. The van der Waals surface area contributed by atoms with Crippen molar-refractivity contribution in [3.05, 3.63) is 29.3 Å². The predicted octanol–water partition coefficient (Wildman–Crippen LogP) is 2.73. The van der Waals surface area contributed by atoms with E-state index >= 15 is 0 Å². The average Bonchev–Trinajstić information content (AvgIpc) is 3.00. The third kappa shape index (κ3) is 3.76. The molecular formula is C17H24N2O2. The number of rotatable bonds is 5. The van der Waals surface area contributed by atoms with Crippen LogP contribution in [0, 0.1) is 0 Å². The highest BCUT2D eigenvalue weighted by Gasteiger charge is 2.15. The van der Waals surface area contributed by atoms with Crippen LogP contribution in [0.4, 0.5) is 5.69 Å². The van der Waals surface area contributed by atoms with E-state index in [9.17, 15) is 4.79 Å². The fraction of sp³-hybridized carbons (Fsp3) is 0.588. The fourth-order valence-electron chi connectivity index (χ4n) is 3.17. The Bertz CT molecular complexity index is 496. The molecule has 2 N–H and O–H groups in total. The first-order valence-corrected chi connectivity index (χ1v) is 8.09. The molecule has 3 rings (SSSR count). The molecule has 4 heteroatoms. The van der Waals surface area contributed by atoms with Gasteiger partial charge in [0.15, 0.2) is 0 Å². The highest BCUT2D eigenvalue weighted by molar-refractivity contribution is 5.95. The molecule has 0 atom stereocenters. The van der Waals surface area contributed by atoms with Gasteiger partial charge >= 0.3 is 0 Å². The molecule has 1 heterocycles. The fourth-order valence-corrected chi connectivity index (χ4v) is 3.17. The second-order valence-corrected chi connectivity index (χ2v) is 5.94. The maximum Gasteiger partial charge on any atom is 0.251 e. The van der Waals surface area contributed by atoms with Crippen molar-refractivity contribution in [1.82, 2.24) is 5.32 Å². The Kier molecular flexibility index (Phi) is 4.76. The number of ether oxygens (including phenoxy) is 1. The van der Waals surface area contributed by atoms with Gasteiger partial charge in [0.05, 0.1) is 12.7 Å². The maximum atomic E-state index is 12.1. The van der Waals surface area contributed by atoms with Gasteiger partial charge in [-0.3, -0.25) is 4.79 Å². The van der Waals surface area contributed by atoms with Crippen LogP contribution in [0.2, 0.25) is 0 Å². The van der Waals surface area contributed by atoms with Gasteiger partial charge in [0.25, 0.3) is 5.91 Å². The van der Waals surface area contributed by atoms with Crippen molar-refractivity contribution < 1.29 is 9.53 Å². The zero-order valence-electron chi connectivity index (χ0n) is 12.5. The molecule has 114 valence electrons. The van der Waals surface area contributed by atoms with Crippen molar-refractivity contribution >= 4 is 11.6 Å². The summed E-state index contributed by atoms with van der Waals surface area (Å²) >= 11 is 0. The normalized spacial score (nSPS) is 18.1. The summed E-state index contributed by atoms with van der Waals surface area (Å²) in [7, 11) is 0. The molecule has 1 aliphatic heterocycles. The van der Waals surface area contributed by atoms with Crippen LogP contribution in [-0.4, -0.2) is 31.7 Å². The molecule has 0 saturated heterocycles. The molecule has 21 heavy (non-hydrogen) atoms. The van der Waals surface area contributed by atoms with Crippen molar-refractivity contribution in [3.63, 3.8) is 0 Å². The van der Waals surface area contributed by atoms with Gasteiger partial charge < -0.3 is 15.4 Å². The minimum Gasteiger partial charge on any atom is -0.384 e. The molecule has 1 amide bonds. The van der Waals surface area contributed by atoms with Gasteiger partial charge in [0.1, 0.15) is 0 Å². The van der Waals surface area contributed by atoms with E-state index in [0.717, 1.165) is 24.2 Å². The number of carbonyl (C=O) groups is 1. The molecule has 0 aromatic heterocycles. The smallest absolute Gasteiger partial charge is 0.251 e. The largest absolute Gasteiger partial charge is 0.384 e. The lowest BCUT2D eigenvalue weighted by Crippen LogP contribution is -2.29. The predicted molar refractivity (Wildman–Crippen MR) is 83.8 cm³/mol. The Labute approximate surface area is 126 Å². The molecule has 1 aromatic rings. The third-order valence-corrected chi connectivity index (χ3v) is 4.37. The van der Waals surface area contributed by atoms with E-state index in [2.05, 4.69) is 10.6 Å². The van der Waals surface area contributed by atoms with E-state index in [1.165, 1.54) is 37.7 Å². The second kappa shape index (κ2) is 6.94. The van der Waals surface area contributed by atoms with Crippen LogP contribution in [0.1, 0.15) is 48.0 Å². The summed E-state index contributed by atoms with van der Waals surface area (Å²) in [5.41, 5.74) is 3.14. The molecule has 0 radical (unpaired) electrons. The van der Waals surface area contributed by atoms with E-state index < -0.39 is 0 Å². The van der Waals surface area contributed by atoms with Crippen LogP contribution in [0.5, 0.6) is 0 Å². The summed E-state index contributed by atoms with van der Waals surface area (Å²) in [5, 5.41) is 6.25.